The second-order valence-corrected chi connectivity index (χ2v) is 3.87. The van der Waals surface area contributed by atoms with Crippen molar-refractivity contribution in [1.82, 2.24) is 19.5 Å². The highest BCUT2D eigenvalue weighted by Crippen LogP contribution is 2.30. The Morgan fingerprint density at radius 3 is 2.88 bits per heavy atom. The lowest BCUT2D eigenvalue weighted by molar-refractivity contribution is -0.140. The minimum absolute atomic E-state index is 0.274. The van der Waals surface area contributed by atoms with Crippen molar-refractivity contribution in [1.29, 1.82) is 0 Å². The number of nitrogen functional groups attached to an aromatic ring is 1. The fraction of sp³-hybridized carbons (Fsp3) is 0.444. The van der Waals surface area contributed by atoms with Crippen LogP contribution in [0.5, 0.6) is 0 Å². The number of imidazole rings is 1. The number of fused-ring (bicyclic) bond motifs is 1. The molecular weight excluding hydrogens is 226 g/mol. The van der Waals surface area contributed by atoms with Crippen LogP contribution in [-0.2, 0) is 4.74 Å². The Bertz CT molecular complexity index is 547. The summed E-state index contributed by atoms with van der Waals surface area (Å²) < 4.78 is 6.81. The number of rotatable bonds is 1. The first kappa shape index (κ1) is 10.4. The van der Waals surface area contributed by atoms with Crippen LogP contribution in [0.15, 0.2) is 12.7 Å². The molecule has 17 heavy (non-hydrogen) atoms. The van der Waals surface area contributed by atoms with Crippen molar-refractivity contribution in [2.45, 2.75) is 25.0 Å². The zero-order chi connectivity index (χ0) is 12.0. The highest BCUT2D eigenvalue weighted by atomic mass is 16.6. The number of aliphatic hydroxyl groups is 2. The van der Waals surface area contributed by atoms with Crippen molar-refractivity contribution >= 4 is 17.0 Å². The Morgan fingerprint density at radius 1 is 1.35 bits per heavy atom. The fourth-order valence-electron chi connectivity index (χ4n) is 1.89. The highest BCUT2D eigenvalue weighted by molar-refractivity contribution is 5.81. The minimum atomic E-state index is -1.18. The smallest absolute Gasteiger partial charge is 0.183 e. The Morgan fingerprint density at radius 2 is 2.18 bits per heavy atom. The monoisotopic (exact) mass is 237 g/mol. The van der Waals surface area contributed by atoms with Gasteiger partial charge < -0.3 is 20.7 Å². The van der Waals surface area contributed by atoms with Crippen molar-refractivity contribution in [2.24, 2.45) is 0 Å². The number of nitrogens with zero attached hydrogens (tertiary/aromatic N) is 4. The van der Waals surface area contributed by atoms with Gasteiger partial charge in [-0.05, 0) is 0 Å². The molecule has 0 amide bonds. The number of hydrogen-bond acceptors (Lipinski definition) is 7. The first-order valence-electron chi connectivity index (χ1n) is 5.11. The molecule has 90 valence electrons. The van der Waals surface area contributed by atoms with E-state index in [9.17, 15) is 10.2 Å². The van der Waals surface area contributed by atoms with E-state index in [0.717, 1.165) is 0 Å². The molecule has 3 unspecified atom stereocenters. The van der Waals surface area contributed by atoms with Crippen molar-refractivity contribution in [2.75, 3.05) is 5.73 Å². The number of nitrogens with two attached hydrogens (primary N) is 1. The molecule has 8 nitrogen and oxygen atoms in total. The van der Waals surface area contributed by atoms with Crippen LogP contribution in [0, 0.1) is 0 Å². The Balaban J connectivity index is 2.04. The average molecular weight is 237 g/mol. The molecule has 1 aliphatic rings. The molecule has 0 radical (unpaired) electrons. The number of hydrogen-bond donors (Lipinski definition) is 3. The number of aliphatic hydroxyl groups excluding tert-OH is 2. The third-order valence-corrected chi connectivity index (χ3v) is 2.77. The summed E-state index contributed by atoms with van der Waals surface area (Å²) in [5.41, 5.74) is 6.65. The standard InChI is InChI=1S/C9H11N5O3/c10-7-6-8(12-2-11-7)14(3-13-6)5-1-4(15)9(16)17-5/h2-5,9,15-16H,1H2,(H2,10,11,12). The van der Waals surface area contributed by atoms with Gasteiger partial charge in [-0.15, -0.1) is 0 Å². The molecule has 3 atom stereocenters. The second-order valence-electron chi connectivity index (χ2n) is 3.87. The largest absolute Gasteiger partial charge is 0.388 e. The highest BCUT2D eigenvalue weighted by Gasteiger charge is 2.34. The van der Waals surface area contributed by atoms with Crippen LogP contribution in [0.3, 0.4) is 0 Å². The van der Waals surface area contributed by atoms with Gasteiger partial charge in [-0.2, -0.15) is 0 Å². The minimum Gasteiger partial charge on any atom is -0.388 e. The lowest BCUT2D eigenvalue weighted by Crippen LogP contribution is -2.19. The molecule has 8 heteroatoms. The predicted molar refractivity (Wildman–Crippen MR) is 56.5 cm³/mol. The summed E-state index contributed by atoms with van der Waals surface area (Å²) >= 11 is 0. The van der Waals surface area contributed by atoms with Gasteiger partial charge in [0.25, 0.3) is 0 Å². The van der Waals surface area contributed by atoms with Crippen LogP contribution in [0.2, 0.25) is 0 Å². The topological polar surface area (TPSA) is 119 Å². The Labute approximate surface area is 95.7 Å². The molecule has 0 saturated carbocycles. The average Bonchev–Trinajstić information content (AvgIpc) is 2.85. The van der Waals surface area contributed by atoms with Crippen LogP contribution in [0.1, 0.15) is 12.6 Å². The van der Waals surface area contributed by atoms with Gasteiger partial charge in [-0.3, -0.25) is 4.57 Å². The summed E-state index contributed by atoms with van der Waals surface area (Å²) in [6.07, 6.45) is 0.520. The summed E-state index contributed by atoms with van der Waals surface area (Å²) in [5.74, 6) is 0.285. The predicted octanol–water partition coefficient (Wildman–Crippen LogP) is -0.993. The molecule has 1 saturated heterocycles. The first-order chi connectivity index (χ1) is 8.16. The molecule has 2 aromatic rings. The summed E-state index contributed by atoms with van der Waals surface area (Å²) in [7, 11) is 0. The van der Waals surface area contributed by atoms with E-state index in [4.69, 9.17) is 10.5 Å². The fourth-order valence-corrected chi connectivity index (χ4v) is 1.89. The summed E-state index contributed by atoms with van der Waals surface area (Å²) in [6.45, 7) is 0. The van der Waals surface area contributed by atoms with Gasteiger partial charge in [-0.1, -0.05) is 0 Å². The molecule has 0 aromatic carbocycles. The maximum absolute atomic E-state index is 9.43. The molecular formula is C9H11N5O3. The van der Waals surface area contributed by atoms with E-state index in [1.807, 2.05) is 0 Å². The van der Waals surface area contributed by atoms with E-state index in [-0.39, 0.29) is 12.2 Å². The lowest BCUT2D eigenvalue weighted by Gasteiger charge is -2.11. The van der Waals surface area contributed by atoms with Gasteiger partial charge in [0, 0.05) is 6.42 Å². The summed E-state index contributed by atoms with van der Waals surface area (Å²) in [5, 5.41) is 18.8. The van der Waals surface area contributed by atoms with Crippen LogP contribution in [0.4, 0.5) is 5.82 Å². The molecule has 0 bridgehead atoms. The van der Waals surface area contributed by atoms with Gasteiger partial charge in [-0.25, -0.2) is 15.0 Å². The quantitative estimate of drug-likeness (QED) is 0.582. The van der Waals surface area contributed by atoms with Crippen molar-refractivity contribution < 1.29 is 14.9 Å². The molecule has 2 aromatic heterocycles. The van der Waals surface area contributed by atoms with E-state index in [0.29, 0.717) is 11.2 Å². The first-order valence-corrected chi connectivity index (χ1v) is 5.11. The summed E-state index contributed by atoms with van der Waals surface area (Å²) in [6, 6.07) is 0. The normalized spacial score (nSPS) is 28.9. The zero-order valence-electron chi connectivity index (χ0n) is 8.76. The Kier molecular flexibility index (Phi) is 2.21. The molecule has 4 N–H and O–H groups in total. The van der Waals surface area contributed by atoms with E-state index < -0.39 is 18.6 Å². The van der Waals surface area contributed by atoms with Crippen molar-refractivity contribution in [3.05, 3.63) is 12.7 Å². The van der Waals surface area contributed by atoms with Gasteiger partial charge in [0.1, 0.15) is 24.2 Å². The molecule has 3 rings (SSSR count). The van der Waals surface area contributed by atoms with Crippen LogP contribution >= 0.6 is 0 Å². The number of anilines is 1. The third kappa shape index (κ3) is 1.54. The SMILES string of the molecule is Nc1ncnc2c1ncn2C1CC(O)C(O)O1. The Hall–Kier alpha value is -1.77. The molecule has 0 spiro atoms. The van der Waals surface area contributed by atoms with Gasteiger partial charge >= 0.3 is 0 Å². The van der Waals surface area contributed by atoms with Gasteiger partial charge in [0.15, 0.2) is 17.8 Å². The summed E-state index contributed by atoms with van der Waals surface area (Å²) in [4.78, 5) is 12.0. The number of ether oxygens (including phenoxy) is 1. The number of aromatic nitrogens is 4. The molecule has 3 heterocycles. The molecule has 1 fully saturated rings. The second kappa shape index (κ2) is 3.62. The van der Waals surface area contributed by atoms with E-state index in [1.54, 1.807) is 4.57 Å². The van der Waals surface area contributed by atoms with Crippen LogP contribution in [-0.4, -0.2) is 42.1 Å². The molecule has 1 aliphatic heterocycles. The van der Waals surface area contributed by atoms with E-state index in [1.165, 1.54) is 12.7 Å². The van der Waals surface area contributed by atoms with Gasteiger partial charge in [0.2, 0.25) is 0 Å². The van der Waals surface area contributed by atoms with Crippen molar-refractivity contribution in [3.63, 3.8) is 0 Å². The van der Waals surface area contributed by atoms with Gasteiger partial charge in [0.05, 0.1) is 6.33 Å². The van der Waals surface area contributed by atoms with E-state index >= 15 is 0 Å². The third-order valence-electron chi connectivity index (χ3n) is 2.77. The maximum Gasteiger partial charge on any atom is 0.183 e. The lowest BCUT2D eigenvalue weighted by atomic mass is 10.2. The van der Waals surface area contributed by atoms with Crippen LogP contribution < -0.4 is 5.73 Å². The maximum atomic E-state index is 9.43. The van der Waals surface area contributed by atoms with Crippen molar-refractivity contribution in [3.8, 4) is 0 Å². The zero-order valence-corrected chi connectivity index (χ0v) is 8.76. The van der Waals surface area contributed by atoms with E-state index in [2.05, 4.69) is 15.0 Å². The van der Waals surface area contributed by atoms with Crippen LogP contribution in [0.25, 0.3) is 11.2 Å². The molecule has 0 aliphatic carbocycles.